The average molecular weight is 290 g/mol. The van der Waals surface area contributed by atoms with Gasteiger partial charge < -0.3 is 10.1 Å². The minimum atomic E-state index is -0.416. The van der Waals surface area contributed by atoms with E-state index in [2.05, 4.69) is 10.4 Å². The minimum Gasteiger partial charge on any atom is -0.494 e. The first-order valence-electron chi connectivity index (χ1n) is 6.68. The van der Waals surface area contributed by atoms with Crippen molar-refractivity contribution in [3.05, 3.63) is 46.3 Å². The lowest BCUT2D eigenvalue weighted by Crippen LogP contribution is -2.12. The van der Waals surface area contributed by atoms with Crippen LogP contribution in [0.25, 0.3) is 0 Å². The third kappa shape index (κ3) is 3.31. The Morgan fingerprint density at radius 1 is 1.48 bits per heavy atom. The zero-order chi connectivity index (χ0) is 15.4. The molecule has 0 spiro atoms. The Hall–Kier alpha value is -2.57. The molecule has 1 unspecified atom stereocenters. The van der Waals surface area contributed by atoms with Crippen LogP contribution in [0.5, 0.6) is 5.75 Å². The van der Waals surface area contributed by atoms with Gasteiger partial charge in [0.05, 0.1) is 29.3 Å². The summed E-state index contributed by atoms with van der Waals surface area (Å²) in [6.07, 6.45) is 1.69. The summed E-state index contributed by atoms with van der Waals surface area (Å²) in [5.74, 6) is 0.489. The number of anilines is 1. The zero-order valence-corrected chi connectivity index (χ0v) is 12.2. The Morgan fingerprint density at radius 3 is 2.81 bits per heavy atom. The molecule has 21 heavy (non-hydrogen) atoms. The third-order valence-corrected chi connectivity index (χ3v) is 3.15. The summed E-state index contributed by atoms with van der Waals surface area (Å²) >= 11 is 0. The van der Waals surface area contributed by atoms with E-state index in [0.717, 1.165) is 5.69 Å². The molecule has 0 aliphatic carbocycles. The molecule has 112 valence electrons. The maximum absolute atomic E-state index is 11.2. The van der Waals surface area contributed by atoms with Gasteiger partial charge in [0.1, 0.15) is 11.4 Å². The zero-order valence-electron chi connectivity index (χ0n) is 12.2. The summed E-state index contributed by atoms with van der Waals surface area (Å²) in [6.45, 7) is 4.23. The van der Waals surface area contributed by atoms with E-state index in [1.807, 2.05) is 27.0 Å². The third-order valence-electron chi connectivity index (χ3n) is 3.15. The maximum Gasteiger partial charge on any atom is 0.296 e. The maximum atomic E-state index is 11.2. The van der Waals surface area contributed by atoms with Crippen molar-refractivity contribution in [1.82, 2.24) is 9.78 Å². The number of hydrogen-bond donors (Lipinski definition) is 1. The number of nitrogens with zero attached hydrogens (tertiary/aromatic N) is 3. The summed E-state index contributed by atoms with van der Waals surface area (Å²) in [7, 11) is 1.83. The number of nitrogens with one attached hydrogen (secondary N) is 1. The summed E-state index contributed by atoms with van der Waals surface area (Å²) < 4.78 is 7.04. The SMILES string of the molecule is CCOc1ccc(NC(C)c2ccnn2C)c([N+](=O)[O-])c1. The minimum absolute atomic E-state index is 0.00466. The molecule has 1 aromatic carbocycles. The second-order valence-electron chi connectivity index (χ2n) is 4.61. The summed E-state index contributed by atoms with van der Waals surface area (Å²) in [4.78, 5) is 10.8. The predicted molar refractivity (Wildman–Crippen MR) is 79.5 cm³/mol. The normalized spacial score (nSPS) is 12.0. The molecule has 7 heteroatoms. The molecule has 7 nitrogen and oxygen atoms in total. The number of nitro benzene ring substituents is 1. The highest BCUT2D eigenvalue weighted by molar-refractivity contribution is 5.64. The number of aromatic nitrogens is 2. The van der Waals surface area contributed by atoms with Crippen LogP contribution in [0.15, 0.2) is 30.5 Å². The van der Waals surface area contributed by atoms with Gasteiger partial charge in [0.2, 0.25) is 0 Å². The molecular weight excluding hydrogens is 272 g/mol. The van der Waals surface area contributed by atoms with Gasteiger partial charge in [-0.15, -0.1) is 0 Å². The van der Waals surface area contributed by atoms with Crippen molar-refractivity contribution < 1.29 is 9.66 Å². The molecule has 0 radical (unpaired) electrons. The second-order valence-corrected chi connectivity index (χ2v) is 4.61. The van der Waals surface area contributed by atoms with E-state index in [4.69, 9.17) is 4.74 Å². The molecule has 0 saturated heterocycles. The molecule has 0 amide bonds. The highest BCUT2D eigenvalue weighted by atomic mass is 16.6. The Kier molecular flexibility index (Phi) is 4.42. The summed E-state index contributed by atoms with van der Waals surface area (Å²) in [6, 6.07) is 6.58. The van der Waals surface area contributed by atoms with Gasteiger partial charge in [-0.25, -0.2) is 0 Å². The van der Waals surface area contributed by atoms with Crippen LogP contribution in [0.4, 0.5) is 11.4 Å². The molecule has 0 bridgehead atoms. The van der Waals surface area contributed by atoms with Crippen LogP contribution in [-0.4, -0.2) is 21.3 Å². The molecule has 1 aromatic heterocycles. The average Bonchev–Trinajstić information content (AvgIpc) is 2.87. The van der Waals surface area contributed by atoms with Crippen molar-refractivity contribution in [2.75, 3.05) is 11.9 Å². The second kappa shape index (κ2) is 6.25. The van der Waals surface area contributed by atoms with E-state index in [1.54, 1.807) is 23.0 Å². The molecule has 0 aliphatic rings. The fourth-order valence-corrected chi connectivity index (χ4v) is 2.16. The topological polar surface area (TPSA) is 82.2 Å². The van der Waals surface area contributed by atoms with Crippen molar-refractivity contribution in [2.24, 2.45) is 7.05 Å². The summed E-state index contributed by atoms with van der Waals surface area (Å²) in [5.41, 5.74) is 1.39. The van der Waals surface area contributed by atoms with E-state index in [0.29, 0.717) is 18.0 Å². The lowest BCUT2D eigenvalue weighted by molar-refractivity contribution is -0.384. The largest absolute Gasteiger partial charge is 0.494 e. The fourth-order valence-electron chi connectivity index (χ4n) is 2.16. The van der Waals surface area contributed by atoms with Crippen LogP contribution >= 0.6 is 0 Å². The molecule has 1 heterocycles. The van der Waals surface area contributed by atoms with Crippen molar-refractivity contribution in [3.63, 3.8) is 0 Å². The number of nitro groups is 1. The number of aryl methyl sites for hydroxylation is 1. The van der Waals surface area contributed by atoms with Gasteiger partial charge in [-0.05, 0) is 32.0 Å². The smallest absolute Gasteiger partial charge is 0.296 e. The van der Waals surface area contributed by atoms with E-state index < -0.39 is 4.92 Å². The molecular formula is C14H18N4O3. The molecule has 2 aromatic rings. The molecule has 0 saturated carbocycles. The first-order chi connectivity index (χ1) is 10.0. The Labute approximate surface area is 122 Å². The quantitative estimate of drug-likeness (QED) is 0.653. The number of hydrogen-bond acceptors (Lipinski definition) is 5. The highest BCUT2D eigenvalue weighted by Gasteiger charge is 2.18. The molecule has 2 rings (SSSR count). The first kappa shape index (κ1) is 14.8. The summed E-state index contributed by atoms with van der Waals surface area (Å²) in [5, 5.41) is 18.5. The van der Waals surface area contributed by atoms with E-state index in [1.165, 1.54) is 6.07 Å². The van der Waals surface area contributed by atoms with E-state index in [-0.39, 0.29) is 11.7 Å². The van der Waals surface area contributed by atoms with Crippen molar-refractivity contribution in [1.29, 1.82) is 0 Å². The van der Waals surface area contributed by atoms with Crippen molar-refractivity contribution >= 4 is 11.4 Å². The van der Waals surface area contributed by atoms with Crippen LogP contribution in [-0.2, 0) is 7.05 Å². The number of rotatable bonds is 6. The monoisotopic (exact) mass is 290 g/mol. The molecule has 0 fully saturated rings. The molecule has 1 N–H and O–H groups in total. The van der Waals surface area contributed by atoms with Crippen LogP contribution in [0, 0.1) is 10.1 Å². The number of ether oxygens (including phenoxy) is 1. The van der Waals surface area contributed by atoms with Gasteiger partial charge in [-0.3, -0.25) is 14.8 Å². The van der Waals surface area contributed by atoms with Crippen molar-refractivity contribution in [2.45, 2.75) is 19.9 Å². The van der Waals surface area contributed by atoms with Crippen LogP contribution in [0.1, 0.15) is 25.6 Å². The van der Waals surface area contributed by atoms with Gasteiger partial charge in [-0.2, -0.15) is 5.10 Å². The lowest BCUT2D eigenvalue weighted by Gasteiger charge is -2.16. The predicted octanol–water partition coefficient (Wildman–Crippen LogP) is 2.90. The Bertz CT molecular complexity index is 639. The van der Waals surface area contributed by atoms with E-state index >= 15 is 0 Å². The van der Waals surface area contributed by atoms with Gasteiger partial charge in [0.25, 0.3) is 5.69 Å². The highest BCUT2D eigenvalue weighted by Crippen LogP contribution is 2.31. The van der Waals surface area contributed by atoms with Crippen LogP contribution in [0.3, 0.4) is 0 Å². The lowest BCUT2D eigenvalue weighted by atomic mass is 10.2. The van der Waals surface area contributed by atoms with Crippen molar-refractivity contribution in [3.8, 4) is 5.75 Å². The van der Waals surface area contributed by atoms with Gasteiger partial charge in [0.15, 0.2) is 0 Å². The van der Waals surface area contributed by atoms with Crippen LogP contribution in [0.2, 0.25) is 0 Å². The molecule has 0 aliphatic heterocycles. The van der Waals surface area contributed by atoms with Gasteiger partial charge >= 0.3 is 0 Å². The van der Waals surface area contributed by atoms with Gasteiger partial charge in [0, 0.05) is 13.2 Å². The molecule has 1 atom stereocenters. The van der Waals surface area contributed by atoms with Gasteiger partial charge in [-0.1, -0.05) is 0 Å². The fraction of sp³-hybridized carbons (Fsp3) is 0.357. The van der Waals surface area contributed by atoms with E-state index in [9.17, 15) is 10.1 Å². The number of benzene rings is 1. The Balaban J connectivity index is 2.27. The standard InChI is InChI=1S/C14H18N4O3/c1-4-21-11-5-6-12(14(9-11)18(19)20)16-10(2)13-7-8-15-17(13)3/h5-10,16H,4H2,1-3H3. The van der Waals surface area contributed by atoms with Crippen LogP contribution < -0.4 is 10.1 Å². The first-order valence-corrected chi connectivity index (χ1v) is 6.68. The Morgan fingerprint density at radius 2 is 2.24 bits per heavy atom.